The van der Waals surface area contributed by atoms with E-state index in [-0.39, 0.29) is 6.29 Å². The van der Waals surface area contributed by atoms with E-state index in [0.29, 0.717) is 23.9 Å². The summed E-state index contributed by atoms with van der Waals surface area (Å²) in [4.78, 5) is 0. The van der Waals surface area contributed by atoms with Crippen LogP contribution in [0.25, 0.3) is 0 Å². The van der Waals surface area contributed by atoms with Crippen LogP contribution in [0.5, 0.6) is 0 Å². The van der Waals surface area contributed by atoms with Gasteiger partial charge in [-0.2, -0.15) is 0 Å². The van der Waals surface area contributed by atoms with Gasteiger partial charge in [0.2, 0.25) is 0 Å². The molecule has 0 spiro atoms. The number of hydrogen-bond donors (Lipinski definition) is 0. The Balaban J connectivity index is 2.50. The van der Waals surface area contributed by atoms with Gasteiger partial charge in [0.25, 0.3) is 0 Å². The lowest BCUT2D eigenvalue weighted by atomic mass is 9.78. The maximum absolute atomic E-state index is 6.04. The Bertz CT molecular complexity index is 196. The summed E-state index contributed by atoms with van der Waals surface area (Å²) in [6.07, 6.45) is 2.49. The quantitative estimate of drug-likeness (QED) is 0.566. The molecular weight excluding hydrogens is 268 g/mol. The van der Waals surface area contributed by atoms with Crippen LogP contribution < -0.4 is 0 Å². The summed E-state index contributed by atoms with van der Waals surface area (Å²) in [5.74, 6) is 1.80. The van der Waals surface area contributed by atoms with Gasteiger partial charge < -0.3 is 9.47 Å². The van der Waals surface area contributed by atoms with Gasteiger partial charge in [-0.25, -0.2) is 0 Å². The number of ether oxygens (including phenoxy) is 2. The summed E-state index contributed by atoms with van der Waals surface area (Å²) in [5.41, 5.74) is 0. The first-order valence-corrected chi connectivity index (χ1v) is 7.57. The highest BCUT2D eigenvalue weighted by Crippen LogP contribution is 2.36. The van der Waals surface area contributed by atoms with Crippen LogP contribution in [0.3, 0.4) is 0 Å². The Morgan fingerprint density at radius 1 is 1.12 bits per heavy atom. The highest BCUT2D eigenvalue weighted by molar-refractivity contribution is 9.09. The van der Waals surface area contributed by atoms with Gasteiger partial charge in [0.05, 0.1) is 12.7 Å². The molecule has 0 saturated carbocycles. The SMILES string of the molecule is CCC1OC(OCCCBr)C(C)C(C)C1C. The number of hydrogen-bond acceptors (Lipinski definition) is 2. The molecule has 0 bridgehead atoms. The maximum Gasteiger partial charge on any atom is 0.160 e. The van der Waals surface area contributed by atoms with Crippen LogP contribution in [0.2, 0.25) is 0 Å². The molecule has 0 aromatic rings. The molecule has 3 heteroatoms. The van der Waals surface area contributed by atoms with E-state index in [1.807, 2.05) is 0 Å². The van der Waals surface area contributed by atoms with Crippen molar-refractivity contribution in [3.8, 4) is 0 Å². The molecular formula is C13H25BrO2. The van der Waals surface area contributed by atoms with Gasteiger partial charge >= 0.3 is 0 Å². The lowest BCUT2D eigenvalue weighted by Crippen LogP contribution is -2.45. The minimum absolute atomic E-state index is 0.00444. The van der Waals surface area contributed by atoms with Gasteiger partial charge in [0.1, 0.15) is 0 Å². The second-order valence-electron chi connectivity index (χ2n) is 4.94. The molecule has 1 heterocycles. The summed E-state index contributed by atoms with van der Waals surface area (Å²) < 4.78 is 11.9. The van der Waals surface area contributed by atoms with Gasteiger partial charge in [0, 0.05) is 11.2 Å². The van der Waals surface area contributed by atoms with Crippen LogP contribution in [0.4, 0.5) is 0 Å². The van der Waals surface area contributed by atoms with Gasteiger partial charge in [-0.15, -0.1) is 0 Å². The molecule has 0 aliphatic carbocycles. The third kappa shape index (κ3) is 3.44. The Labute approximate surface area is 108 Å². The average molecular weight is 293 g/mol. The van der Waals surface area contributed by atoms with Crippen LogP contribution in [-0.2, 0) is 9.47 Å². The second-order valence-corrected chi connectivity index (χ2v) is 5.73. The largest absolute Gasteiger partial charge is 0.352 e. The van der Waals surface area contributed by atoms with Crippen LogP contribution in [0, 0.1) is 17.8 Å². The lowest BCUT2D eigenvalue weighted by Gasteiger charge is -2.43. The van der Waals surface area contributed by atoms with Crippen molar-refractivity contribution < 1.29 is 9.47 Å². The highest BCUT2D eigenvalue weighted by atomic mass is 79.9. The first-order chi connectivity index (χ1) is 7.61. The fraction of sp³-hybridized carbons (Fsp3) is 1.00. The maximum atomic E-state index is 6.04. The Kier molecular flexibility index (Phi) is 6.30. The molecule has 5 unspecified atom stereocenters. The molecule has 2 nitrogen and oxygen atoms in total. The Hall–Kier alpha value is 0.400. The average Bonchev–Trinajstić information content (AvgIpc) is 2.29. The normalized spacial score (nSPS) is 39.9. The topological polar surface area (TPSA) is 18.5 Å². The van der Waals surface area contributed by atoms with Crippen molar-refractivity contribution in [2.75, 3.05) is 11.9 Å². The van der Waals surface area contributed by atoms with Crippen LogP contribution >= 0.6 is 15.9 Å². The zero-order valence-corrected chi connectivity index (χ0v) is 12.5. The summed E-state index contributed by atoms with van der Waals surface area (Å²) in [7, 11) is 0. The third-order valence-corrected chi connectivity index (χ3v) is 4.51. The van der Waals surface area contributed by atoms with E-state index in [9.17, 15) is 0 Å². The van der Waals surface area contributed by atoms with Crippen LogP contribution in [0.15, 0.2) is 0 Å². The summed E-state index contributed by atoms with van der Waals surface area (Å²) in [5, 5.41) is 0.997. The van der Waals surface area contributed by atoms with Gasteiger partial charge in [0.15, 0.2) is 6.29 Å². The molecule has 1 saturated heterocycles. The third-order valence-electron chi connectivity index (χ3n) is 3.95. The molecule has 5 atom stereocenters. The number of halogens is 1. The zero-order chi connectivity index (χ0) is 12.1. The molecule has 0 radical (unpaired) electrons. The van der Waals surface area contributed by atoms with E-state index in [1.165, 1.54) is 0 Å². The summed E-state index contributed by atoms with van der Waals surface area (Å²) in [6.45, 7) is 9.84. The second kappa shape index (κ2) is 6.97. The molecule has 0 aromatic carbocycles. The summed E-state index contributed by atoms with van der Waals surface area (Å²) >= 11 is 3.42. The monoisotopic (exact) mass is 292 g/mol. The lowest BCUT2D eigenvalue weighted by molar-refractivity contribution is -0.247. The smallest absolute Gasteiger partial charge is 0.160 e. The fourth-order valence-electron chi connectivity index (χ4n) is 2.40. The van der Waals surface area contributed by atoms with Gasteiger partial charge in [-0.3, -0.25) is 0 Å². The van der Waals surface area contributed by atoms with Crippen molar-refractivity contribution >= 4 is 15.9 Å². The molecule has 1 aliphatic rings. The standard InChI is InChI=1S/C13H25BrO2/c1-5-12-10(3)9(2)11(4)13(16-12)15-8-6-7-14/h9-13H,5-8H2,1-4H3. The van der Waals surface area contributed by atoms with Crippen molar-refractivity contribution in [1.29, 1.82) is 0 Å². The van der Waals surface area contributed by atoms with Crippen molar-refractivity contribution in [3.63, 3.8) is 0 Å². The van der Waals surface area contributed by atoms with Crippen LogP contribution in [0.1, 0.15) is 40.5 Å². The Morgan fingerprint density at radius 3 is 2.38 bits per heavy atom. The van der Waals surface area contributed by atoms with E-state index in [2.05, 4.69) is 43.6 Å². The Morgan fingerprint density at radius 2 is 1.81 bits per heavy atom. The molecule has 0 N–H and O–H groups in total. The van der Waals surface area contributed by atoms with Gasteiger partial charge in [-0.05, 0) is 24.7 Å². The van der Waals surface area contributed by atoms with Crippen molar-refractivity contribution in [1.82, 2.24) is 0 Å². The van der Waals surface area contributed by atoms with Crippen molar-refractivity contribution in [2.45, 2.75) is 52.9 Å². The molecule has 0 aromatic heterocycles. The molecule has 96 valence electrons. The van der Waals surface area contributed by atoms with E-state index in [0.717, 1.165) is 24.8 Å². The van der Waals surface area contributed by atoms with E-state index >= 15 is 0 Å². The van der Waals surface area contributed by atoms with Crippen LogP contribution in [-0.4, -0.2) is 24.3 Å². The van der Waals surface area contributed by atoms with Crippen molar-refractivity contribution in [3.05, 3.63) is 0 Å². The molecule has 1 rings (SSSR count). The number of rotatable bonds is 5. The van der Waals surface area contributed by atoms with E-state index in [1.54, 1.807) is 0 Å². The van der Waals surface area contributed by atoms with E-state index < -0.39 is 0 Å². The predicted octanol–water partition coefficient (Wildman–Crippen LogP) is 3.83. The van der Waals surface area contributed by atoms with Crippen molar-refractivity contribution in [2.24, 2.45) is 17.8 Å². The fourth-order valence-corrected chi connectivity index (χ4v) is 2.63. The first-order valence-electron chi connectivity index (χ1n) is 6.44. The molecule has 1 aliphatic heterocycles. The minimum Gasteiger partial charge on any atom is -0.352 e. The first kappa shape index (κ1) is 14.5. The van der Waals surface area contributed by atoms with E-state index in [4.69, 9.17) is 9.47 Å². The number of alkyl halides is 1. The summed E-state index contributed by atoms with van der Waals surface area (Å²) in [6, 6.07) is 0. The minimum atomic E-state index is -0.00444. The molecule has 16 heavy (non-hydrogen) atoms. The zero-order valence-electron chi connectivity index (χ0n) is 10.9. The molecule has 0 amide bonds. The molecule has 1 fully saturated rings. The highest BCUT2D eigenvalue weighted by Gasteiger charge is 2.38. The van der Waals surface area contributed by atoms with Gasteiger partial charge in [-0.1, -0.05) is 43.6 Å². The predicted molar refractivity (Wildman–Crippen MR) is 70.8 cm³/mol.